The number of hydrogen-bond acceptors (Lipinski definition) is 1. The molecule has 14 heavy (non-hydrogen) atoms. The fraction of sp³-hybridized carbons (Fsp3) is 0.250. The van der Waals surface area contributed by atoms with E-state index in [1.165, 1.54) is 11.6 Å². The molecule has 0 aromatic heterocycles. The highest BCUT2D eigenvalue weighted by Crippen LogP contribution is 2.09. The normalized spacial score (nSPS) is 10.4. The SMILES string of the molecule is CC=CC(=O)Nc1ccc(CC)cc1.[HH]. The van der Waals surface area contributed by atoms with Crippen molar-refractivity contribution >= 4 is 11.6 Å². The summed E-state index contributed by atoms with van der Waals surface area (Å²) in [6, 6.07) is 7.87. The number of anilines is 1. The summed E-state index contributed by atoms with van der Waals surface area (Å²) >= 11 is 0. The molecule has 1 amide bonds. The lowest BCUT2D eigenvalue weighted by atomic mass is 10.1. The van der Waals surface area contributed by atoms with E-state index in [2.05, 4.69) is 12.2 Å². The van der Waals surface area contributed by atoms with Gasteiger partial charge in [-0.1, -0.05) is 25.1 Å². The minimum absolute atomic E-state index is 0. The van der Waals surface area contributed by atoms with Crippen molar-refractivity contribution < 1.29 is 6.22 Å². The van der Waals surface area contributed by atoms with Crippen LogP contribution in [0.2, 0.25) is 0 Å². The maximum absolute atomic E-state index is 11.2. The third-order valence-electron chi connectivity index (χ3n) is 1.95. The van der Waals surface area contributed by atoms with Crippen molar-refractivity contribution in [3.8, 4) is 0 Å². The van der Waals surface area contributed by atoms with E-state index < -0.39 is 0 Å². The maximum Gasteiger partial charge on any atom is 0.248 e. The van der Waals surface area contributed by atoms with Crippen molar-refractivity contribution in [1.29, 1.82) is 0 Å². The summed E-state index contributed by atoms with van der Waals surface area (Å²) in [6.07, 6.45) is 4.24. The Labute approximate surface area is 86.1 Å². The molecule has 0 bridgehead atoms. The predicted molar refractivity (Wildman–Crippen MR) is 61.4 cm³/mol. The highest BCUT2D eigenvalue weighted by atomic mass is 16.1. The van der Waals surface area contributed by atoms with Crippen LogP contribution in [0.4, 0.5) is 5.69 Å². The summed E-state index contributed by atoms with van der Waals surface area (Å²) < 4.78 is 0. The number of rotatable bonds is 3. The van der Waals surface area contributed by atoms with Crippen LogP contribution in [0, 0.1) is 0 Å². The van der Waals surface area contributed by atoms with E-state index >= 15 is 0 Å². The monoisotopic (exact) mass is 191 g/mol. The molecule has 0 fully saturated rings. The van der Waals surface area contributed by atoms with Gasteiger partial charge in [0, 0.05) is 7.11 Å². The molecule has 1 aromatic rings. The van der Waals surface area contributed by atoms with Gasteiger partial charge in [0.25, 0.3) is 0 Å². The second kappa shape index (κ2) is 5.22. The third-order valence-corrected chi connectivity index (χ3v) is 1.95. The second-order valence-electron chi connectivity index (χ2n) is 3.04. The summed E-state index contributed by atoms with van der Waals surface area (Å²) in [5.41, 5.74) is 2.11. The Balaban J connectivity index is 0.00000196. The molecule has 1 N–H and O–H groups in total. The molecule has 0 spiro atoms. The van der Waals surface area contributed by atoms with Crippen LogP contribution in [-0.4, -0.2) is 5.91 Å². The topological polar surface area (TPSA) is 29.1 Å². The van der Waals surface area contributed by atoms with E-state index in [-0.39, 0.29) is 7.33 Å². The van der Waals surface area contributed by atoms with Crippen LogP contribution in [0.25, 0.3) is 0 Å². The van der Waals surface area contributed by atoms with Crippen LogP contribution in [-0.2, 0) is 11.2 Å². The van der Waals surface area contributed by atoms with Crippen molar-refractivity contribution in [2.75, 3.05) is 5.32 Å². The van der Waals surface area contributed by atoms with Gasteiger partial charge in [-0.25, -0.2) is 0 Å². The molecule has 0 radical (unpaired) electrons. The van der Waals surface area contributed by atoms with Gasteiger partial charge in [-0.15, -0.1) is 0 Å². The van der Waals surface area contributed by atoms with Crippen LogP contribution in [0.3, 0.4) is 0 Å². The number of hydrogen-bond donors (Lipinski definition) is 1. The number of nitrogens with one attached hydrogen (secondary N) is 1. The zero-order chi connectivity index (χ0) is 10.4. The third kappa shape index (κ3) is 3.05. The van der Waals surface area contributed by atoms with Crippen molar-refractivity contribution in [2.45, 2.75) is 20.3 Å². The first-order valence-electron chi connectivity index (χ1n) is 4.79. The molecule has 2 heteroatoms. The van der Waals surface area contributed by atoms with E-state index in [1.807, 2.05) is 31.2 Å². The van der Waals surface area contributed by atoms with Gasteiger partial charge in [0.1, 0.15) is 0 Å². The van der Waals surface area contributed by atoms with Crippen molar-refractivity contribution in [2.24, 2.45) is 0 Å². The lowest BCUT2D eigenvalue weighted by molar-refractivity contribution is -0.111. The highest BCUT2D eigenvalue weighted by Gasteiger charge is 1.96. The van der Waals surface area contributed by atoms with Gasteiger partial charge in [-0.2, -0.15) is 0 Å². The van der Waals surface area contributed by atoms with Gasteiger partial charge >= 0.3 is 0 Å². The number of carbonyl (C=O) groups is 1. The van der Waals surface area contributed by atoms with Gasteiger partial charge in [-0.3, -0.25) is 4.79 Å². The first kappa shape index (κ1) is 10.5. The molecule has 2 nitrogen and oxygen atoms in total. The fourth-order valence-electron chi connectivity index (χ4n) is 1.16. The Morgan fingerprint density at radius 1 is 1.43 bits per heavy atom. The predicted octanol–water partition coefficient (Wildman–Crippen LogP) is 3.01. The summed E-state index contributed by atoms with van der Waals surface area (Å²) in [4.78, 5) is 11.2. The first-order valence-corrected chi connectivity index (χ1v) is 4.79. The van der Waals surface area contributed by atoms with Crippen molar-refractivity contribution in [1.82, 2.24) is 0 Å². The van der Waals surface area contributed by atoms with Crippen LogP contribution < -0.4 is 5.32 Å². The Bertz CT molecular complexity index is 330. The molecule has 0 aliphatic rings. The quantitative estimate of drug-likeness (QED) is 0.731. The van der Waals surface area contributed by atoms with Gasteiger partial charge in [0.15, 0.2) is 0 Å². The number of amides is 1. The van der Waals surface area contributed by atoms with Crippen LogP contribution in [0.1, 0.15) is 20.8 Å². The number of carbonyl (C=O) groups excluding carboxylic acids is 1. The van der Waals surface area contributed by atoms with Gasteiger partial charge in [0.2, 0.25) is 5.91 Å². The molecule has 0 heterocycles. The van der Waals surface area contributed by atoms with E-state index in [9.17, 15) is 4.79 Å². The van der Waals surface area contributed by atoms with E-state index in [4.69, 9.17) is 0 Å². The first-order chi connectivity index (χ1) is 6.76. The van der Waals surface area contributed by atoms with Crippen LogP contribution in [0.15, 0.2) is 36.4 Å². The average Bonchev–Trinajstić information content (AvgIpc) is 2.19. The summed E-state index contributed by atoms with van der Waals surface area (Å²) in [5.74, 6) is -0.0863. The molecule has 1 rings (SSSR count). The maximum atomic E-state index is 11.2. The number of allylic oxidation sites excluding steroid dienone is 1. The molecule has 0 aliphatic heterocycles. The van der Waals surface area contributed by atoms with E-state index in [1.54, 1.807) is 6.08 Å². The minimum Gasteiger partial charge on any atom is -0.323 e. The summed E-state index contributed by atoms with van der Waals surface area (Å²) in [7, 11) is 0. The lowest BCUT2D eigenvalue weighted by Crippen LogP contribution is -2.07. The molecule has 0 saturated heterocycles. The molecule has 0 aliphatic carbocycles. The number of benzene rings is 1. The van der Waals surface area contributed by atoms with Crippen molar-refractivity contribution in [3.63, 3.8) is 0 Å². The van der Waals surface area contributed by atoms with Gasteiger partial charge < -0.3 is 5.32 Å². The van der Waals surface area contributed by atoms with Crippen molar-refractivity contribution in [3.05, 3.63) is 42.0 Å². The standard InChI is InChI=1S/C12H15NO.H2/c1-3-5-12(14)13-11-8-6-10(4-2)7-9-11;/h3,5-9H,4H2,1-2H3,(H,13,14);1H. The summed E-state index contributed by atoms with van der Waals surface area (Å²) in [6.45, 7) is 3.92. The van der Waals surface area contributed by atoms with Gasteiger partial charge in [0.05, 0.1) is 0 Å². The summed E-state index contributed by atoms with van der Waals surface area (Å²) in [5, 5.41) is 2.77. The smallest absolute Gasteiger partial charge is 0.248 e. The molecule has 0 unspecified atom stereocenters. The highest BCUT2D eigenvalue weighted by molar-refractivity contribution is 5.99. The Morgan fingerprint density at radius 3 is 2.57 bits per heavy atom. The molecule has 76 valence electrons. The fourth-order valence-corrected chi connectivity index (χ4v) is 1.16. The zero-order valence-corrected chi connectivity index (χ0v) is 8.58. The Morgan fingerprint density at radius 2 is 2.07 bits per heavy atom. The molecule has 1 aromatic carbocycles. The molecule has 0 saturated carbocycles. The zero-order valence-electron chi connectivity index (χ0n) is 8.58. The van der Waals surface area contributed by atoms with E-state index in [0.29, 0.717) is 0 Å². The average molecular weight is 191 g/mol. The van der Waals surface area contributed by atoms with Crippen LogP contribution >= 0.6 is 0 Å². The Kier molecular flexibility index (Phi) is 3.92. The second-order valence-corrected chi connectivity index (χ2v) is 3.04. The van der Waals surface area contributed by atoms with E-state index in [0.717, 1.165) is 12.1 Å². The largest absolute Gasteiger partial charge is 0.323 e. The number of aryl methyl sites for hydroxylation is 1. The molecule has 0 atom stereocenters. The van der Waals surface area contributed by atoms with Gasteiger partial charge in [-0.05, 0) is 37.1 Å². The lowest BCUT2D eigenvalue weighted by Gasteiger charge is -2.02. The van der Waals surface area contributed by atoms with Crippen LogP contribution in [0.5, 0.6) is 0 Å². The Hall–Kier alpha value is -1.57. The molecular weight excluding hydrogens is 174 g/mol. The molecular formula is C12H17NO. The minimum atomic E-state index is -0.0863.